The van der Waals surface area contributed by atoms with E-state index in [1.54, 1.807) is 0 Å². The van der Waals surface area contributed by atoms with E-state index >= 15 is 0 Å². The van der Waals surface area contributed by atoms with Crippen molar-refractivity contribution < 1.29 is 20.4 Å². The van der Waals surface area contributed by atoms with Crippen molar-refractivity contribution in [3.05, 3.63) is 0 Å². The first-order valence-electron chi connectivity index (χ1n) is 6.56. The van der Waals surface area contributed by atoms with Crippen LogP contribution in [0.1, 0.15) is 32.1 Å². The molecule has 2 aliphatic rings. The van der Waals surface area contributed by atoms with E-state index in [0.29, 0.717) is 6.04 Å². The third-order valence-electron chi connectivity index (χ3n) is 4.21. The molecule has 5 nitrogen and oxygen atoms in total. The molecular formula is C12H23NO4. The van der Waals surface area contributed by atoms with Crippen LogP contribution in [0.15, 0.2) is 0 Å². The number of aliphatic hydroxyl groups excluding tert-OH is 4. The SMILES string of the molecule is OC[C@@H]1[C@H](O)[C@H](O)[C@@H](O)[C@@H]1NC1CCCCC1. The summed E-state index contributed by atoms with van der Waals surface area (Å²) in [5.74, 6) is -0.484. The molecule has 5 N–H and O–H groups in total. The first-order valence-corrected chi connectivity index (χ1v) is 6.56. The minimum Gasteiger partial charge on any atom is -0.396 e. The van der Waals surface area contributed by atoms with Gasteiger partial charge >= 0.3 is 0 Å². The van der Waals surface area contributed by atoms with Gasteiger partial charge in [0, 0.05) is 18.0 Å². The van der Waals surface area contributed by atoms with Gasteiger partial charge in [0.2, 0.25) is 0 Å². The van der Waals surface area contributed by atoms with Crippen LogP contribution in [0.2, 0.25) is 0 Å². The van der Waals surface area contributed by atoms with E-state index in [-0.39, 0.29) is 6.61 Å². The van der Waals surface area contributed by atoms with Crippen molar-refractivity contribution in [3.63, 3.8) is 0 Å². The van der Waals surface area contributed by atoms with E-state index in [1.807, 2.05) is 0 Å². The van der Waals surface area contributed by atoms with Gasteiger partial charge in [0.1, 0.15) is 6.10 Å². The summed E-state index contributed by atoms with van der Waals surface area (Å²) in [6.07, 6.45) is 2.53. The minimum absolute atomic E-state index is 0.223. The van der Waals surface area contributed by atoms with E-state index in [4.69, 9.17) is 0 Å². The number of hydrogen-bond acceptors (Lipinski definition) is 5. The molecule has 2 aliphatic carbocycles. The average molecular weight is 245 g/mol. The van der Waals surface area contributed by atoms with Crippen molar-refractivity contribution in [1.82, 2.24) is 5.32 Å². The molecule has 0 radical (unpaired) electrons. The fourth-order valence-electron chi connectivity index (χ4n) is 3.12. The summed E-state index contributed by atoms with van der Waals surface area (Å²) in [5, 5.41) is 41.8. The summed E-state index contributed by atoms with van der Waals surface area (Å²) in [5.41, 5.74) is 0. The number of aliphatic hydroxyl groups is 4. The van der Waals surface area contributed by atoms with Crippen molar-refractivity contribution in [2.75, 3.05) is 6.61 Å². The van der Waals surface area contributed by atoms with Crippen molar-refractivity contribution in [3.8, 4) is 0 Å². The number of rotatable bonds is 3. The lowest BCUT2D eigenvalue weighted by molar-refractivity contribution is -0.0313. The highest BCUT2D eigenvalue weighted by molar-refractivity contribution is 5.02. The molecule has 0 unspecified atom stereocenters. The Morgan fingerprint density at radius 1 is 0.882 bits per heavy atom. The van der Waals surface area contributed by atoms with Crippen LogP contribution < -0.4 is 5.32 Å². The van der Waals surface area contributed by atoms with E-state index in [9.17, 15) is 20.4 Å². The lowest BCUT2D eigenvalue weighted by Crippen LogP contribution is -2.49. The Morgan fingerprint density at radius 3 is 2.12 bits per heavy atom. The summed E-state index contributed by atoms with van der Waals surface area (Å²) >= 11 is 0. The molecule has 0 aromatic carbocycles. The predicted octanol–water partition coefficient (Wildman–Crippen LogP) is -1.02. The second-order valence-corrected chi connectivity index (χ2v) is 5.35. The Hall–Kier alpha value is -0.200. The van der Waals surface area contributed by atoms with Crippen LogP contribution in [0.3, 0.4) is 0 Å². The Morgan fingerprint density at radius 2 is 1.53 bits per heavy atom. The molecule has 0 bridgehead atoms. The monoisotopic (exact) mass is 245 g/mol. The number of hydrogen-bond donors (Lipinski definition) is 5. The number of nitrogens with one attached hydrogen (secondary N) is 1. The highest BCUT2D eigenvalue weighted by Crippen LogP contribution is 2.29. The van der Waals surface area contributed by atoms with Gasteiger partial charge in [-0.05, 0) is 12.8 Å². The fraction of sp³-hybridized carbons (Fsp3) is 1.00. The van der Waals surface area contributed by atoms with Crippen LogP contribution in [-0.2, 0) is 0 Å². The maximum absolute atomic E-state index is 9.88. The molecule has 2 saturated carbocycles. The third kappa shape index (κ3) is 2.63. The summed E-state index contributed by atoms with van der Waals surface area (Å²) < 4.78 is 0. The minimum atomic E-state index is -1.16. The molecule has 100 valence electrons. The molecule has 0 heterocycles. The molecule has 0 aromatic heterocycles. The topological polar surface area (TPSA) is 93.0 Å². The maximum Gasteiger partial charge on any atom is 0.108 e. The molecule has 0 spiro atoms. The van der Waals surface area contributed by atoms with Crippen LogP contribution >= 0.6 is 0 Å². The molecule has 2 fully saturated rings. The smallest absolute Gasteiger partial charge is 0.108 e. The molecule has 0 amide bonds. The molecule has 5 heteroatoms. The van der Waals surface area contributed by atoms with Gasteiger partial charge in [-0.25, -0.2) is 0 Å². The first-order chi connectivity index (χ1) is 8.15. The van der Waals surface area contributed by atoms with Crippen molar-refractivity contribution >= 4 is 0 Å². The van der Waals surface area contributed by atoms with E-state index < -0.39 is 30.3 Å². The van der Waals surface area contributed by atoms with Gasteiger partial charge in [0.15, 0.2) is 0 Å². The van der Waals surface area contributed by atoms with Gasteiger partial charge in [-0.2, -0.15) is 0 Å². The van der Waals surface area contributed by atoms with Crippen LogP contribution in [0.5, 0.6) is 0 Å². The summed E-state index contributed by atoms with van der Waals surface area (Å²) in [6.45, 7) is -0.223. The van der Waals surface area contributed by atoms with Crippen molar-refractivity contribution in [2.45, 2.75) is 62.5 Å². The standard InChI is InChI=1S/C12H23NO4/c14-6-8-9(11(16)12(17)10(8)15)13-7-4-2-1-3-5-7/h7-17H,1-6H2/t8-,9+,10-,11-,12-/m0/s1. The van der Waals surface area contributed by atoms with E-state index in [2.05, 4.69) is 5.32 Å². The van der Waals surface area contributed by atoms with E-state index in [0.717, 1.165) is 12.8 Å². The second kappa shape index (κ2) is 5.63. The van der Waals surface area contributed by atoms with Gasteiger partial charge < -0.3 is 25.7 Å². The van der Waals surface area contributed by atoms with Gasteiger partial charge in [-0.1, -0.05) is 19.3 Å². The Labute approximate surface area is 101 Å². The summed E-state index contributed by atoms with van der Waals surface area (Å²) in [4.78, 5) is 0. The van der Waals surface area contributed by atoms with E-state index in [1.165, 1.54) is 19.3 Å². The average Bonchev–Trinajstić information content (AvgIpc) is 2.55. The predicted molar refractivity (Wildman–Crippen MR) is 62.4 cm³/mol. The second-order valence-electron chi connectivity index (χ2n) is 5.35. The first kappa shape index (κ1) is 13.2. The Kier molecular flexibility index (Phi) is 4.38. The summed E-state index contributed by atoms with van der Waals surface area (Å²) in [7, 11) is 0. The lowest BCUT2D eigenvalue weighted by atomic mass is 9.93. The van der Waals surface area contributed by atoms with Gasteiger partial charge in [0.05, 0.1) is 18.8 Å². The maximum atomic E-state index is 9.88. The Balaban J connectivity index is 1.97. The largest absolute Gasteiger partial charge is 0.396 e. The highest BCUT2D eigenvalue weighted by Gasteiger charge is 2.48. The van der Waals surface area contributed by atoms with Crippen LogP contribution in [0.25, 0.3) is 0 Å². The zero-order valence-electron chi connectivity index (χ0n) is 10.00. The molecule has 0 saturated heterocycles. The quantitative estimate of drug-likeness (QED) is 0.439. The molecule has 17 heavy (non-hydrogen) atoms. The van der Waals surface area contributed by atoms with Crippen molar-refractivity contribution in [2.24, 2.45) is 5.92 Å². The third-order valence-corrected chi connectivity index (χ3v) is 4.21. The highest BCUT2D eigenvalue weighted by atomic mass is 16.4. The van der Waals surface area contributed by atoms with Gasteiger partial charge in [0.25, 0.3) is 0 Å². The molecule has 2 rings (SSSR count). The molecule has 0 aromatic rings. The van der Waals surface area contributed by atoms with Crippen LogP contribution in [-0.4, -0.2) is 57.4 Å². The molecule has 5 atom stereocenters. The normalized spacial score (nSPS) is 44.1. The lowest BCUT2D eigenvalue weighted by Gasteiger charge is -2.30. The van der Waals surface area contributed by atoms with Crippen molar-refractivity contribution in [1.29, 1.82) is 0 Å². The fourth-order valence-corrected chi connectivity index (χ4v) is 3.12. The van der Waals surface area contributed by atoms with Gasteiger partial charge in [-0.15, -0.1) is 0 Å². The Bertz CT molecular complexity index is 245. The van der Waals surface area contributed by atoms with Crippen LogP contribution in [0, 0.1) is 5.92 Å². The summed E-state index contributed by atoms with van der Waals surface area (Å²) in [6, 6.07) is -0.0805. The molecule has 0 aliphatic heterocycles. The van der Waals surface area contributed by atoms with Crippen LogP contribution in [0.4, 0.5) is 0 Å². The zero-order valence-corrected chi connectivity index (χ0v) is 10.00. The zero-order chi connectivity index (χ0) is 12.4. The molecular weight excluding hydrogens is 222 g/mol. The van der Waals surface area contributed by atoms with Gasteiger partial charge in [-0.3, -0.25) is 0 Å².